The highest BCUT2D eigenvalue weighted by molar-refractivity contribution is 5.89. The molecule has 3 rings (SSSR count). The molecule has 24 heavy (non-hydrogen) atoms. The monoisotopic (exact) mass is 320 g/mol. The molecule has 3 aromatic rings. The highest BCUT2D eigenvalue weighted by Crippen LogP contribution is 2.15. The van der Waals surface area contributed by atoms with E-state index in [1.54, 1.807) is 12.5 Å². The number of urea groups is 1. The van der Waals surface area contributed by atoms with Crippen LogP contribution in [0.3, 0.4) is 0 Å². The fraction of sp³-hybridized carbons (Fsp3) is 0.158. The van der Waals surface area contributed by atoms with Gasteiger partial charge in [-0.25, -0.2) is 9.78 Å². The number of amides is 2. The summed E-state index contributed by atoms with van der Waals surface area (Å²) in [5.74, 6) is 0. The third kappa shape index (κ3) is 3.63. The number of carbonyl (C=O) groups is 1. The number of hydrogen-bond donors (Lipinski definition) is 2. The minimum atomic E-state index is -0.223. The van der Waals surface area contributed by atoms with Crippen LogP contribution in [0.5, 0.6) is 0 Å². The number of nitrogens with one attached hydrogen (secondary N) is 2. The smallest absolute Gasteiger partial charge is 0.319 e. The number of imidazole rings is 1. The highest BCUT2D eigenvalue weighted by Gasteiger charge is 2.06. The molecule has 0 saturated heterocycles. The quantitative estimate of drug-likeness (QED) is 0.768. The lowest BCUT2D eigenvalue weighted by Crippen LogP contribution is -2.28. The highest BCUT2D eigenvalue weighted by atomic mass is 16.2. The molecule has 0 unspecified atom stereocenters. The second-order valence-corrected chi connectivity index (χ2v) is 5.71. The minimum Gasteiger partial charge on any atom is -0.334 e. The van der Waals surface area contributed by atoms with Crippen molar-refractivity contribution in [2.45, 2.75) is 20.4 Å². The Hall–Kier alpha value is -3.08. The molecule has 5 heteroatoms. The Balaban J connectivity index is 1.66. The van der Waals surface area contributed by atoms with Crippen LogP contribution in [0.1, 0.15) is 16.7 Å². The van der Waals surface area contributed by atoms with Gasteiger partial charge in [-0.05, 0) is 48.7 Å². The molecule has 122 valence electrons. The number of aromatic nitrogens is 2. The number of benzene rings is 2. The number of anilines is 1. The first-order chi connectivity index (χ1) is 11.6. The van der Waals surface area contributed by atoms with Gasteiger partial charge < -0.3 is 15.2 Å². The molecule has 1 heterocycles. The lowest BCUT2D eigenvalue weighted by Gasteiger charge is -2.12. The van der Waals surface area contributed by atoms with E-state index in [0.29, 0.717) is 6.54 Å². The summed E-state index contributed by atoms with van der Waals surface area (Å²) >= 11 is 0. The normalized spacial score (nSPS) is 10.4. The van der Waals surface area contributed by atoms with Gasteiger partial charge in [0.15, 0.2) is 0 Å². The van der Waals surface area contributed by atoms with Gasteiger partial charge in [0.2, 0.25) is 0 Å². The van der Waals surface area contributed by atoms with Crippen molar-refractivity contribution in [1.82, 2.24) is 14.9 Å². The number of rotatable bonds is 4. The van der Waals surface area contributed by atoms with Gasteiger partial charge in [0, 0.05) is 24.6 Å². The van der Waals surface area contributed by atoms with E-state index in [4.69, 9.17) is 0 Å². The number of nitrogens with zero attached hydrogens (tertiary/aromatic N) is 2. The molecule has 0 fully saturated rings. The van der Waals surface area contributed by atoms with E-state index in [1.165, 1.54) is 5.56 Å². The Morgan fingerprint density at radius 2 is 1.96 bits per heavy atom. The van der Waals surface area contributed by atoms with Gasteiger partial charge in [-0.1, -0.05) is 24.3 Å². The molecule has 1 aromatic heterocycles. The first-order valence-corrected chi connectivity index (χ1v) is 7.82. The van der Waals surface area contributed by atoms with Gasteiger partial charge in [0.05, 0.1) is 12.0 Å². The van der Waals surface area contributed by atoms with Gasteiger partial charge in [0.1, 0.15) is 0 Å². The predicted molar refractivity (Wildman–Crippen MR) is 95.3 cm³/mol. The third-order valence-corrected chi connectivity index (χ3v) is 3.98. The van der Waals surface area contributed by atoms with E-state index >= 15 is 0 Å². The van der Waals surface area contributed by atoms with Crippen LogP contribution < -0.4 is 10.6 Å². The van der Waals surface area contributed by atoms with Crippen LogP contribution in [-0.4, -0.2) is 15.6 Å². The Bertz CT molecular complexity index is 840. The lowest BCUT2D eigenvalue weighted by molar-refractivity contribution is 0.251. The van der Waals surface area contributed by atoms with Gasteiger partial charge in [0.25, 0.3) is 0 Å². The van der Waals surface area contributed by atoms with Crippen LogP contribution >= 0.6 is 0 Å². The molecule has 0 aliphatic rings. The van der Waals surface area contributed by atoms with Crippen molar-refractivity contribution in [3.63, 3.8) is 0 Å². The largest absolute Gasteiger partial charge is 0.334 e. The Kier molecular flexibility index (Phi) is 4.61. The standard InChI is InChI=1S/C19H20N4O/c1-14-7-8-17(11-15(14)2)22-19(24)21-12-16-5-3-4-6-18(16)23-10-9-20-13-23/h3-11,13H,12H2,1-2H3,(H2,21,22,24). The van der Waals surface area contributed by atoms with Crippen molar-refractivity contribution < 1.29 is 4.79 Å². The summed E-state index contributed by atoms with van der Waals surface area (Å²) in [6, 6.07) is 13.6. The van der Waals surface area contributed by atoms with Gasteiger partial charge in [-0.2, -0.15) is 0 Å². The van der Waals surface area contributed by atoms with Crippen molar-refractivity contribution in [2.24, 2.45) is 0 Å². The topological polar surface area (TPSA) is 59.0 Å². The van der Waals surface area contributed by atoms with Crippen molar-refractivity contribution >= 4 is 11.7 Å². The van der Waals surface area contributed by atoms with Crippen LogP contribution in [-0.2, 0) is 6.54 Å². The summed E-state index contributed by atoms with van der Waals surface area (Å²) in [5.41, 5.74) is 5.17. The molecule has 0 atom stereocenters. The summed E-state index contributed by atoms with van der Waals surface area (Å²) in [5, 5.41) is 5.77. The zero-order chi connectivity index (χ0) is 16.9. The molecule has 0 aliphatic carbocycles. The van der Waals surface area contributed by atoms with E-state index < -0.39 is 0 Å². The van der Waals surface area contributed by atoms with E-state index in [1.807, 2.05) is 67.1 Å². The second-order valence-electron chi connectivity index (χ2n) is 5.71. The predicted octanol–water partition coefficient (Wildman–Crippen LogP) is 3.81. The van der Waals surface area contributed by atoms with Crippen molar-refractivity contribution in [2.75, 3.05) is 5.32 Å². The van der Waals surface area contributed by atoms with E-state index in [9.17, 15) is 4.79 Å². The number of carbonyl (C=O) groups excluding carboxylic acids is 1. The fourth-order valence-electron chi connectivity index (χ4n) is 2.48. The zero-order valence-electron chi connectivity index (χ0n) is 13.8. The lowest BCUT2D eigenvalue weighted by atomic mass is 10.1. The maximum Gasteiger partial charge on any atom is 0.319 e. The average molecular weight is 320 g/mol. The molecule has 0 bridgehead atoms. The van der Waals surface area contributed by atoms with Crippen molar-refractivity contribution in [3.8, 4) is 5.69 Å². The first kappa shape index (κ1) is 15.8. The van der Waals surface area contributed by atoms with Crippen molar-refractivity contribution in [1.29, 1.82) is 0 Å². The summed E-state index contributed by atoms with van der Waals surface area (Å²) in [6.07, 6.45) is 5.36. The average Bonchev–Trinajstić information content (AvgIpc) is 3.11. The molecular weight excluding hydrogens is 300 g/mol. The Morgan fingerprint density at radius 1 is 1.12 bits per heavy atom. The maximum absolute atomic E-state index is 12.1. The van der Waals surface area contributed by atoms with Crippen molar-refractivity contribution in [3.05, 3.63) is 77.9 Å². The molecule has 5 nitrogen and oxygen atoms in total. The summed E-state index contributed by atoms with van der Waals surface area (Å²) in [7, 11) is 0. The first-order valence-electron chi connectivity index (χ1n) is 7.82. The molecule has 0 aliphatic heterocycles. The van der Waals surface area contributed by atoms with Crippen LogP contribution in [0.25, 0.3) is 5.69 Å². The molecule has 2 aromatic carbocycles. The van der Waals surface area contributed by atoms with Gasteiger partial charge in [-0.3, -0.25) is 0 Å². The third-order valence-electron chi connectivity index (χ3n) is 3.98. The molecule has 0 radical (unpaired) electrons. The number of aryl methyl sites for hydroxylation is 2. The summed E-state index contributed by atoms with van der Waals surface area (Å²) in [4.78, 5) is 16.2. The number of hydrogen-bond acceptors (Lipinski definition) is 2. The summed E-state index contributed by atoms with van der Waals surface area (Å²) in [6.45, 7) is 4.51. The number of para-hydroxylation sites is 1. The summed E-state index contributed by atoms with van der Waals surface area (Å²) < 4.78 is 1.93. The van der Waals surface area contributed by atoms with Gasteiger partial charge in [-0.15, -0.1) is 0 Å². The molecule has 2 amide bonds. The Morgan fingerprint density at radius 3 is 2.71 bits per heavy atom. The second kappa shape index (κ2) is 7.00. The molecular formula is C19H20N4O. The Labute approximate surface area is 141 Å². The van der Waals surface area contributed by atoms with Crippen LogP contribution in [0, 0.1) is 13.8 Å². The molecule has 0 saturated carbocycles. The van der Waals surface area contributed by atoms with Gasteiger partial charge >= 0.3 is 6.03 Å². The van der Waals surface area contributed by atoms with E-state index in [2.05, 4.69) is 15.6 Å². The van der Waals surface area contributed by atoms with Crippen LogP contribution in [0.15, 0.2) is 61.2 Å². The maximum atomic E-state index is 12.1. The van der Waals surface area contributed by atoms with Crippen LogP contribution in [0.2, 0.25) is 0 Å². The fourth-order valence-corrected chi connectivity index (χ4v) is 2.48. The van der Waals surface area contributed by atoms with E-state index in [0.717, 1.165) is 22.5 Å². The SMILES string of the molecule is Cc1ccc(NC(=O)NCc2ccccc2-n2ccnc2)cc1C. The van der Waals surface area contributed by atoms with Crippen LogP contribution in [0.4, 0.5) is 10.5 Å². The zero-order valence-corrected chi connectivity index (χ0v) is 13.8. The molecule has 0 spiro atoms. The van der Waals surface area contributed by atoms with E-state index in [-0.39, 0.29) is 6.03 Å². The minimum absolute atomic E-state index is 0.223. The molecule has 2 N–H and O–H groups in total.